The Hall–Kier alpha value is -2.92. The van der Waals surface area contributed by atoms with Gasteiger partial charge in [0.2, 0.25) is 5.91 Å². The maximum atomic E-state index is 12.9. The molecule has 2 aliphatic heterocycles. The number of carboxylic acids is 1. The van der Waals surface area contributed by atoms with Crippen LogP contribution < -0.4 is 0 Å². The molecule has 1 unspecified atom stereocenters. The third-order valence-corrected chi connectivity index (χ3v) is 7.61. The molecule has 2 saturated heterocycles. The molecule has 1 aliphatic carbocycles. The quantitative estimate of drug-likeness (QED) is 0.663. The Morgan fingerprint density at radius 3 is 2.38 bits per heavy atom. The minimum absolute atomic E-state index is 0.234. The zero-order valence-electron chi connectivity index (χ0n) is 20.9. The van der Waals surface area contributed by atoms with E-state index >= 15 is 0 Å². The van der Waals surface area contributed by atoms with Crippen molar-refractivity contribution in [3.8, 4) is 0 Å². The molecule has 1 atom stereocenters. The molecule has 3 heterocycles. The lowest BCUT2D eigenvalue weighted by molar-refractivity contribution is -0.192. The standard InChI is InChI=1S/C24H32N4O2.C2HF3O2/c1-26-17-19(16-25-26)18-27-8-6-24(7-9-27)15-20(21-4-2-3-5-22(21)24)14-23(29)28-10-12-30-13-11-28;3-2(4,5)1(6)7/h2-5,16-17,20H,6-15,18H2,1H3;(H,6,7). The van der Waals surface area contributed by atoms with Crippen LogP contribution in [0.4, 0.5) is 13.2 Å². The summed E-state index contributed by atoms with van der Waals surface area (Å²) in [5.74, 6) is -2.11. The van der Waals surface area contributed by atoms with Gasteiger partial charge in [-0.15, -0.1) is 0 Å². The van der Waals surface area contributed by atoms with Gasteiger partial charge in [0.05, 0.1) is 19.4 Å². The van der Waals surface area contributed by atoms with Gasteiger partial charge in [0.1, 0.15) is 0 Å². The Labute approximate surface area is 214 Å². The number of nitrogens with zero attached hydrogens (tertiary/aromatic N) is 4. The third-order valence-electron chi connectivity index (χ3n) is 7.61. The molecule has 2 fully saturated rings. The van der Waals surface area contributed by atoms with Gasteiger partial charge in [0.25, 0.3) is 0 Å². The van der Waals surface area contributed by atoms with Crippen molar-refractivity contribution in [3.63, 3.8) is 0 Å². The molecule has 37 heavy (non-hydrogen) atoms. The molecule has 0 radical (unpaired) electrons. The minimum atomic E-state index is -5.08. The first-order valence-corrected chi connectivity index (χ1v) is 12.5. The van der Waals surface area contributed by atoms with Crippen molar-refractivity contribution < 1.29 is 32.6 Å². The maximum Gasteiger partial charge on any atom is 0.490 e. The molecule has 202 valence electrons. The van der Waals surface area contributed by atoms with Gasteiger partial charge in [-0.2, -0.15) is 18.3 Å². The number of aryl methyl sites for hydroxylation is 1. The van der Waals surface area contributed by atoms with Crippen LogP contribution in [-0.2, 0) is 33.3 Å². The highest BCUT2D eigenvalue weighted by Crippen LogP contribution is 2.52. The Kier molecular flexibility index (Phi) is 8.23. The fourth-order valence-electron chi connectivity index (χ4n) is 5.79. The lowest BCUT2D eigenvalue weighted by Gasteiger charge is -2.40. The highest BCUT2D eigenvalue weighted by molar-refractivity contribution is 5.77. The number of fused-ring (bicyclic) bond motifs is 2. The number of benzene rings is 1. The first kappa shape index (κ1) is 27.1. The smallest absolute Gasteiger partial charge is 0.475 e. The molecule has 1 N–H and O–H groups in total. The third kappa shape index (κ3) is 6.51. The van der Waals surface area contributed by atoms with E-state index in [4.69, 9.17) is 14.6 Å². The van der Waals surface area contributed by atoms with Crippen molar-refractivity contribution in [3.05, 3.63) is 53.3 Å². The number of piperidine rings is 1. The number of carbonyl (C=O) groups excluding carboxylic acids is 1. The van der Waals surface area contributed by atoms with Gasteiger partial charge in [-0.3, -0.25) is 14.4 Å². The second-order valence-electron chi connectivity index (χ2n) is 10.1. The summed E-state index contributed by atoms with van der Waals surface area (Å²) < 4.78 is 39.0. The number of morpholine rings is 1. The molecule has 11 heteroatoms. The molecule has 8 nitrogen and oxygen atoms in total. The van der Waals surface area contributed by atoms with Crippen LogP contribution in [0, 0.1) is 0 Å². The number of halogens is 3. The van der Waals surface area contributed by atoms with Gasteiger partial charge < -0.3 is 14.7 Å². The summed E-state index contributed by atoms with van der Waals surface area (Å²) >= 11 is 0. The molecule has 3 aliphatic rings. The van der Waals surface area contributed by atoms with E-state index in [0.29, 0.717) is 31.5 Å². The Morgan fingerprint density at radius 2 is 1.78 bits per heavy atom. The number of carbonyl (C=O) groups is 2. The van der Waals surface area contributed by atoms with E-state index in [-0.39, 0.29) is 5.41 Å². The number of amides is 1. The summed E-state index contributed by atoms with van der Waals surface area (Å²) in [6, 6.07) is 8.91. The van der Waals surface area contributed by atoms with Crippen LogP contribution in [-0.4, -0.2) is 82.1 Å². The first-order chi connectivity index (χ1) is 17.6. The molecule has 0 bridgehead atoms. The molecule has 1 amide bonds. The van der Waals surface area contributed by atoms with Crippen molar-refractivity contribution in [1.29, 1.82) is 0 Å². The number of aromatic nitrogens is 2. The lowest BCUT2D eigenvalue weighted by atomic mass is 9.73. The molecular weight excluding hydrogens is 489 g/mol. The van der Waals surface area contributed by atoms with Gasteiger partial charge >= 0.3 is 12.1 Å². The number of hydrogen-bond donors (Lipinski definition) is 1. The summed E-state index contributed by atoms with van der Waals surface area (Å²) in [5.41, 5.74) is 4.44. The van der Waals surface area contributed by atoms with Crippen molar-refractivity contribution in [2.75, 3.05) is 39.4 Å². The number of hydrogen-bond acceptors (Lipinski definition) is 5. The Bertz CT molecular complexity index is 1090. The number of rotatable bonds is 4. The van der Waals surface area contributed by atoms with E-state index in [1.54, 1.807) is 0 Å². The van der Waals surface area contributed by atoms with Gasteiger partial charge in [0.15, 0.2) is 0 Å². The van der Waals surface area contributed by atoms with Crippen LogP contribution in [0.1, 0.15) is 48.3 Å². The van der Waals surface area contributed by atoms with Crippen LogP contribution in [0.2, 0.25) is 0 Å². The van der Waals surface area contributed by atoms with Gasteiger partial charge in [-0.25, -0.2) is 4.79 Å². The number of carboxylic acid groups (broad SMARTS) is 1. The predicted octanol–water partition coefficient (Wildman–Crippen LogP) is 3.32. The summed E-state index contributed by atoms with van der Waals surface area (Å²) in [7, 11) is 1.97. The summed E-state index contributed by atoms with van der Waals surface area (Å²) in [4.78, 5) is 26.4. The summed E-state index contributed by atoms with van der Waals surface area (Å²) in [6.45, 7) is 6.00. The Balaban J connectivity index is 0.000000405. The minimum Gasteiger partial charge on any atom is -0.475 e. The fourth-order valence-corrected chi connectivity index (χ4v) is 5.79. The highest BCUT2D eigenvalue weighted by Gasteiger charge is 2.46. The largest absolute Gasteiger partial charge is 0.490 e. The topological polar surface area (TPSA) is 87.9 Å². The molecule has 1 aromatic carbocycles. The second-order valence-corrected chi connectivity index (χ2v) is 10.1. The molecule has 0 saturated carbocycles. The number of ether oxygens (including phenoxy) is 1. The molecule has 1 aromatic heterocycles. The SMILES string of the molecule is Cn1cc(CN2CCC3(CC2)CC(CC(=O)N2CCOCC2)c2ccccc23)cn1.O=C(O)C(F)(F)F. The van der Waals surface area contributed by atoms with E-state index in [1.165, 1.54) is 29.5 Å². The average molecular weight is 523 g/mol. The summed E-state index contributed by atoms with van der Waals surface area (Å²) in [5, 5.41) is 11.4. The van der Waals surface area contributed by atoms with E-state index in [1.807, 2.05) is 22.8 Å². The second kappa shape index (κ2) is 11.2. The number of alkyl halides is 3. The van der Waals surface area contributed by atoms with Crippen LogP contribution >= 0.6 is 0 Å². The van der Waals surface area contributed by atoms with Gasteiger partial charge in [0, 0.05) is 44.9 Å². The fraction of sp³-hybridized carbons (Fsp3) is 0.577. The molecule has 1 spiro atoms. The van der Waals surface area contributed by atoms with E-state index in [9.17, 15) is 18.0 Å². The van der Waals surface area contributed by atoms with Crippen molar-refractivity contribution in [2.24, 2.45) is 7.05 Å². The predicted molar refractivity (Wildman–Crippen MR) is 129 cm³/mol. The van der Waals surface area contributed by atoms with Gasteiger partial charge in [-0.05, 0) is 54.8 Å². The normalized spacial score (nSPS) is 21.3. The van der Waals surface area contributed by atoms with E-state index < -0.39 is 12.1 Å². The first-order valence-electron chi connectivity index (χ1n) is 12.5. The van der Waals surface area contributed by atoms with Crippen LogP contribution in [0.3, 0.4) is 0 Å². The lowest BCUT2D eigenvalue weighted by Crippen LogP contribution is -2.42. The molecular formula is C26H33F3N4O4. The zero-order chi connectivity index (χ0) is 26.6. The monoisotopic (exact) mass is 522 g/mol. The number of aliphatic carboxylic acids is 1. The number of likely N-dealkylation sites (tertiary alicyclic amines) is 1. The zero-order valence-corrected chi connectivity index (χ0v) is 20.9. The summed E-state index contributed by atoms with van der Waals surface area (Å²) in [6.07, 6.45) is 3.10. The van der Waals surface area contributed by atoms with Crippen LogP contribution in [0.15, 0.2) is 36.7 Å². The van der Waals surface area contributed by atoms with E-state index in [2.05, 4.69) is 40.5 Å². The van der Waals surface area contributed by atoms with Crippen molar-refractivity contribution in [2.45, 2.75) is 49.7 Å². The molecule has 5 rings (SSSR count). The van der Waals surface area contributed by atoms with Crippen molar-refractivity contribution in [1.82, 2.24) is 19.6 Å². The highest BCUT2D eigenvalue weighted by atomic mass is 19.4. The van der Waals surface area contributed by atoms with Crippen molar-refractivity contribution >= 4 is 11.9 Å². The Morgan fingerprint density at radius 1 is 1.14 bits per heavy atom. The maximum absolute atomic E-state index is 12.9. The average Bonchev–Trinajstić information content (AvgIpc) is 3.42. The van der Waals surface area contributed by atoms with Crippen LogP contribution in [0.5, 0.6) is 0 Å². The van der Waals surface area contributed by atoms with Gasteiger partial charge in [-0.1, -0.05) is 24.3 Å². The van der Waals surface area contributed by atoms with Crippen LogP contribution in [0.25, 0.3) is 0 Å². The molecule has 2 aromatic rings. The van der Waals surface area contributed by atoms with E-state index in [0.717, 1.165) is 39.1 Å².